The number of anilines is 2. The van der Waals surface area contributed by atoms with Gasteiger partial charge >= 0.3 is 0 Å². The molecule has 5 aromatic rings. The van der Waals surface area contributed by atoms with Crippen molar-refractivity contribution < 1.29 is 4.79 Å². The van der Waals surface area contributed by atoms with Gasteiger partial charge in [-0.3, -0.25) is 4.79 Å². The second kappa shape index (κ2) is 10.8. The molecule has 0 spiro atoms. The second-order valence-corrected chi connectivity index (χ2v) is 9.89. The standard InChI is InChI=1S/C30H24ClN3OS/c31-25-17-10-18-26(19-25)33-28(35)20-27-21-32-29(36-27)34-30(22-11-4-1-5-12-22,23-13-6-2-7-14-23)24-15-8-3-9-16-24/h1-19,21H,20H2,(H,32,34)(H,33,35). The summed E-state index contributed by atoms with van der Waals surface area (Å²) in [4.78, 5) is 18.2. The topological polar surface area (TPSA) is 54.0 Å². The van der Waals surface area contributed by atoms with Crippen LogP contribution >= 0.6 is 22.9 Å². The summed E-state index contributed by atoms with van der Waals surface area (Å²) in [6.45, 7) is 0. The first-order chi connectivity index (χ1) is 17.6. The van der Waals surface area contributed by atoms with Crippen LogP contribution in [0.25, 0.3) is 0 Å². The third-order valence-corrected chi connectivity index (χ3v) is 7.06. The number of carbonyl (C=O) groups is 1. The van der Waals surface area contributed by atoms with E-state index >= 15 is 0 Å². The molecule has 0 radical (unpaired) electrons. The van der Waals surface area contributed by atoms with Crippen molar-refractivity contribution in [2.45, 2.75) is 12.0 Å². The number of aromatic nitrogens is 1. The molecule has 0 bridgehead atoms. The Kier molecular flexibility index (Phi) is 7.12. The van der Waals surface area contributed by atoms with Gasteiger partial charge in [-0.05, 0) is 34.9 Å². The van der Waals surface area contributed by atoms with Crippen LogP contribution < -0.4 is 10.6 Å². The molecular weight excluding hydrogens is 486 g/mol. The van der Waals surface area contributed by atoms with Gasteiger partial charge in [-0.2, -0.15) is 0 Å². The lowest BCUT2D eigenvalue weighted by Crippen LogP contribution is -2.38. The zero-order valence-corrected chi connectivity index (χ0v) is 21.0. The molecule has 1 aromatic heterocycles. The van der Waals surface area contributed by atoms with Crippen molar-refractivity contribution in [3.63, 3.8) is 0 Å². The van der Waals surface area contributed by atoms with Crippen LogP contribution in [-0.4, -0.2) is 10.9 Å². The highest BCUT2D eigenvalue weighted by Gasteiger charge is 2.37. The molecule has 0 saturated carbocycles. The van der Waals surface area contributed by atoms with Crippen LogP contribution in [0.15, 0.2) is 121 Å². The minimum Gasteiger partial charge on any atom is -0.344 e. The third kappa shape index (κ3) is 5.18. The quantitative estimate of drug-likeness (QED) is 0.214. The van der Waals surface area contributed by atoms with Gasteiger partial charge in [-0.15, -0.1) is 11.3 Å². The first-order valence-corrected chi connectivity index (χ1v) is 12.8. The highest BCUT2D eigenvalue weighted by atomic mass is 35.5. The van der Waals surface area contributed by atoms with Crippen LogP contribution in [0.4, 0.5) is 10.8 Å². The van der Waals surface area contributed by atoms with E-state index in [2.05, 4.69) is 52.0 Å². The molecule has 178 valence electrons. The molecule has 0 saturated heterocycles. The molecule has 36 heavy (non-hydrogen) atoms. The van der Waals surface area contributed by atoms with Gasteiger partial charge in [0.15, 0.2) is 5.13 Å². The van der Waals surface area contributed by atoms with Crippen LogP contribution in [0.5, 0.6) is 0 Å². The Hall–Kier alpha value is -3.93. The molecule has 0 aliphatic heterocycles. The van der Waals surface area contributed by atoms with Crippen molar-refractivity contribution in [3.8, 4) is 0 Å². The number of benzene rings is 4. The summed E-state index contributed by atoms with van der Waals surface area (Å²) in [6.07, 6.45) is 1.98. The number of hydrogen-bond donors (Lipinski definition) is 2. The van der Waals surface area contributed by atoms with Crippen molar-refractivity contribution in [2.75, 3.05) is 10.6 Å². The van der Waals surface area contributed by atoms with Gasteiger partial charge in [0.2, 0.25) is 5.91 Å². The predicted molar refractivity (Wildman–Crippen MR) is 149 cm³/mol. The number of nitrogens with zero attached hydrogens (tertiary/aromatic N) is 1. The normalized spacial score (nSPS) is 11.1. The zero-order valence-electron chi connectivity index (χ0n) is 19.4. The second-order valence-electron chi connectivity index (χ2n) is 8.34. The van der Waals surface area contributed by atoms with Gasteiger partial charge in [0.05, 0.1) is 6.42 Å². The summed E-state index contributed by atoms with van der Waals surface area (Å²) < 4.78 is 0. The number of hydrogen-bond acceptors (Lipinski definition) is 4. The van der Waals surface area contributed by atoms with E-state index in [0.717, 1.165) is 26.7 Å². The van der Waals surface area contributed by atoms with E-state index in [1.807, 2.05) is 66.7 Å². The minimum atomic E-state index is -0.665. The number of nitrogens with one attached hydrogen (secondary N) is 2. The van der Waals surface area contributed by atoms with E-state index in [0.29, 0.717) is 10.7 Å². The summed E-state index contributed by atoms with van der Waals surface area (Å²) in [5.41, 5.74) is 3.29. The van der Waals surface area contributed by atoms with Crippen LogP contribution in [0.2, 0.25) is 5.02 Å². The molecule has 1 heterocycles. The summed E-state index contributed by atoms with van der Waals surface area (Å²) >= 11 is 7.51. The Balaban J connectivity index is 1.48. The number of carbonyl (C=O) groups excluding carboxylic acids is 1. The van der Waals surface area contributed by atoms with Gasteiger partial charge in [0.25, 0.3) is 0 Å². The first kappa shape index (κ1) is 23.8. The monoisotopic (exact) mass is 509 g/mol. The highest BCUT2D eigenvalue weighted by molar-refractivity contribution is 7.15. The molecule has 1 amide bonds. The van der Waals surface area contributed by atoms with E-state index in [1.54, 1.807) is 18.3 Å². The molecular formula is C30H24ClN3OS. The van der Waals surface area contributed by atoms with Gasteiger partial charge in [0.1, 0.15) is 5.54 Å². The molecule has 4 aromatic carbocycles. The Morgan fingerprint density at radius 3 is 1.86 bits per heavy atom. The fourth-order valence-electron chi connectivity index (χ4n) is 4.32. The average molecular weight is 510 g/mol. The van der Waals surface area contributed by atoms with Crippen LogP contribution in [0.1, 0.15) is 21.6 Å². The van der Waals surface area contributed by atoms with Gasteiger partial charge in [-0.1, -0.05) is 109 Å². The van der Waals surface area contributed by atoms with Gasteiger partial charge in [-0.25, -0.2) is 4.98 Å². The maximum Gasteiger partial charge on any atom is 0.229 e. The minimum absolute atomic E-state index is 0.118. The smallest absolute Gasteiger partial charge is 0.229 e. The van der Waals surface area contributed by atoms with Crippen LogP contribution in [0.3, 0.4) is 0 Å². The third-order valence-electron chi connectivity index (χ3n) is 5.91. The molecule has 4 nitrogen and oxygen atoms in total. The Morgan fingerprint density at radius 2 is 1.33 bits per heavy atom. The van der Waals surface area contributed by atoms with Crippen LogP contribution in [-0.2, 0) is 16.8 Å². The Morgan fingerprint density at radius 1 is 0.778 bits per heavy atom. The van der Waals surface area contributed by atoms with Crippen molar-refractivity contribution >= 4 is 39.7 Å². The van der Waals surface area contributed by atoms with E-state index in [4.69, 9.17) is 11.6 Å². The van der Waals surface area contributed by atoms with Crippen molar-refractivity contribution in [3.05, 3.63) is 148 Å². The number of rotatable bonds is 8. The molecule has 0 aliphatic carbocycles. The molecule has 6 heteroatoms. The molecule has 0 atom stereocenters. The summed E-state index contributed by atoms with van der Waals surface area (Å²) in [5.74, 6) is -0.118. The number of halogens is 1. The van der Waals surface area contributed by atoms with E-state index in [9.17, 15) is 4.79 Å². The van der Waals surface area contributed by atoms with E-state index in [1.165, 1.54) is 11.3 Å². The van der Waals surface area contributed by atoms with Gasteiger partial charge in [0, 0.05) is 21.8 Å². The lowest BCUT2D eigenvalue weighted by molar-refractivity contribution is -0.115. The Labute approximate surface area is 219 Å². The molecule has 5 rings (SSSR count). The molecule has 2 N–H and O–H groups in total. The molecule has 0 aliphatic rings. The lowest BCUT2D eigenvalue weighted by atomic mass is 9.77. The summed E-state index contributed by atoms with van der Waals surface area (Å²) in [6, 6.07) is 38.2. The SMILES string of the molecule is O=C(Cc1cnc(NC(c2ccccc2)(c2ccccc2)c2ccccc2)s1)Nc1cccc(Cl)c1. The molecule has 0 unspecified atom stereocenters. The Bertz CT molecular complexity index is 1340. The van der Waals surface area contributed by atoms with Crippen molar-refractivity contribution in [2.24, 2.45) is 0 Å². The van der Waals surface area contributed by atoms with E-state index in [-0.39, 0.29) is 12.3 Å². The van der Waals surface area contributed by atoms with Crippen molar-refractivity contribution in [1.82, 2.24) is 4.98 Å². The highest BCUT2D eigenvalue weighted by Crippen LogP contribution is 2.40. The summed E-state index contributed by atoms with van der Waals surface area (Å²) in [5, 5.41) is 7.97. The summed E-state index contributed by atoms with van der Waals surface area (Å²) in [7, 11) is 0. The zero-order chi connectivity index (χ0) is 24.8. The maximum absolute atomic E-state index is 12.7. The fourth-order valence-corrected chi connectivity index (χ4v) is 5.37. The van der Waals surface area contributed by atoms with Crippen LogP contribution in [0, 0.1) is 0 Å². The maximum atomic E-state index is 12.7. The lowest BCUT2D eigenvalue weighted by Gasteiger charge is -2.36. The number of amides is 1. The molecule has 0 fully saturated rings. The van der Waals surface area contributed by atoms with Gasteiger partial charge < -0.3 is 10.6 Å². The van der Waals surface area contributed by atoms with Crippen molar-refractivity contribution in [1.29, 1.82) is 0 Å². The fraction of sp³-hybridized carbons (Fsp3) is 0.0667. The largest absolute Gasteiger partial charge is 0.344 e. The average Bonchev–Trinajstić information content (AvgIpc) is 3.35. The first-order valence-electron chi connectivity index (χ1n) is 11.6. The van der Waals surface area contributed by atoms with E-state index < -0.39 is 5.54 Å². The predicted octanol–water partition coefficient (Wildman–Crippen LogP) is 7.38. The number of thiazole rings is 1.